The highest BCUT2D eigenvalue weighted by Gasteiger charge is 2.37. The van der Waals surface area contributed by atoms with Gasteiger partial charge >= 0.3 is 0 Å². The van der Waals surface area contributed by atoms with Crippen LogP contribution in [0.3, 0.4) is 0 Å². The molecule has 1 aliphatic rings. The molecule has 9 heteroatoms. The van der Waals surface area contributed by atoms with Crippen molar-refractivity contribution >= 4 is 58.2 Å². The summed E-state index contributed by atoms with van der Waals surface area (Å²) in [5.41, 5.74) is 2.46. The van der Waals surface area contributed by atoms with Gasteiger partial charge in [-0.05, 0) is 66.6 Å². The zero-order valence-corrected chi connectivity index (χ0v) is 22.6. The van der Waals surface area contributed by atoms with Crippen LogP contribution in [0.15, 0.2) is 66.7 Å². The second-order valence-electron chi connectivity index (χ2n) is 9.07. The first-order valence-corrected chi connectivity index (χ1v) is 12.9. The molecule has 192 valence electrons. The maximum Gasteiger partial charge on any atom is 0.253 e. The Morgan fingerprint density at radius 1 is 0.919 bits per heavy atom. The highest BCUT2D eigenvalue weighted by Crippen LogP contribution is 2.35. The molecule has 1 aliphatic heterocycles. The van der Waals surface area contributed by atoms with Crippen LogP contribution in [0.2, 0.25) is 15.1 Å². The van der Waals surface area contributed by atoms with Gasteiger partial charge in [0.25, 0.3) is 11.8 Å². The van der Waals surface area contributed by atoms with Crippen LogP contribution in [-0.4, -0.2) is 53.7 Å². The van der Waals surface area contributed by atoms with Gasteiger partial charge in [-0.3, -0.25) is 14.4 Å². The molecule has 0 unspecified atom stereocenters. The number of likely N-dealkylation sites (tertiary alicyclic amines) is 1. The minimum atomic E-state index is -0.210. The van der Waals surface area contributed by atoms with Crippen LogP contribution < -0.4 is 5.32 Å². The normalized spacial score (nSPS) is 17.3. The molecule has 0 aliphatic carbocycles. The van der Waals surface area contributed by atoms with Crippen molar-refractivity contribution in [2.24, 2.45) is 0 Å². The molecule has 2 atom stereocenters. The second kappa shape index (κ2) is 11.5. The Kier molecular flexibility index (Phi) is 8.42. The fourth-order valence-corrected chi connectivity index (χ4v) is 5.15. The van der Waals surface area contributed by atoms with Gasteiger partial charge in [0.15, 0.2) is 0 Å². The Balaban J connectivity index is 1.62. The van der Waals surface area contributed by atoms with E-state index in [1.54, 1.807) is 77.5 Å². The quantitative estimate of drug-likeness (QED) is 0.395. The van der Waals surface area contributed by atoms with E-state index in [4.69, 9.17) is 34.8 Å². The van der Waals surface area contributed by atoms with Gasteiger partial charge in [-0.25, -0.2) is 0 Å². The zero-order chi connectivity index (χ0) is 26.7. The van der Waals surface area contributed by atoms with E-state index in [-0.39, 0.29) is 29.7 Å². The molecule has 1 fully saturated rings. The van der Waals surface area contributed by atoms with Crippen molar-refractivity contribution in [3.8, 4) is 0 Å². The molecule has 0 spiro atoms. The number of nitrogens with zero attached hydrogens (tertiary/aromatic N) is 2. The number of rotatable bonds is 5. The van der Waals surface area contributed by atoms with Gasteiger partial charge < -0.3 is 15.1 Å². The average molecular weight is 559 g/mol. The lowest BCUT2D eigenvalue weighted by molar-refractivity contribution is -0.114. The Labute approximate surface area is 231 Å². The van der Waals surface area contributed by atoms with E-state index in [0.717, 1.165) is 5.56 Å². The van der Waals surface area contributed by atoms with E-state index in [1.807, 2.05) is 6.07 Å². The predicted octanol–water partition coefficient (Wildman–Crippen LogP) is 6.38. The lowest BCUT2D eigenvalue weighted by Gasteiger charge is -2.43. The third kappa shape index (κ3) is 6.27. The Morgan fingerprint density at radius 2 is 1.65 bits per heavy atom. The van der Waals surface area contributed by atoms with Gasteiger partial charge in [-0.2, -0.15) is 0 Å². The molecular weight excluding hydrogens is 533 g/mol. The number of piperidine rings is 1. The first kappa shape index (κ1) is 27.0. The summed E-state index contributed by atoms with van der Waals surface area (Å²) in [4.78, 5) is 41.8. The largest absolute Gasteiger partial charge is 0.338 e. The van der Waals surface area contributed by atoms with Crippen LogP contribution in [0, 0.1) is 0 Å². The number of carbonyl (C=O) groups excluding carboxylic acids is 3. The summed E-state index contributed by atoms with van der Waals surface area (Å²) >= 11 is 18.5. The van der Waals surface area contributed by atoms with Crippen molar-refractivity contribution in [3.05, 3.63) is 98.5 Å². The molecule has 1 heterocycles. The minimum absolute atomic E-state index is 0.130. The number of carbonyl (C=O) groups is 3. The first-order chi connectivity index (χ1) is 17.6. The lowest BCUT2D eigenvalue weighted by Crippen LogP contribution is -2.51. The number of benzene rings is 3. The number of hydrogen-bond donors (Lipinski definition) is 1. The maximum absolute atomic E-state index is 13.5. The van der Waals surface area contributed by atoms with E-state index >= 15 is 0 Å². The number of halogens is 3. The molecule has 0 bridgehead atoms. The molecular formula is C28H26Cl3N3O3. The van der Waals surface area contributed by atoms with Gasteiger partial charge in [0.2, 0.25) is 5.91 Å². The van der Waals surface area contributed by atoms with Crippen molar-refractivity contribution in [1.82, 2.24) is 9.80 Å². The number of nitrogens with one attached hydrogen (secondary N) is 1. The van der Waals surface area contributed by atoms with Gasteiger partial charge in [0, 0.05) is 60.9 Å². The van der Waals surface area contributed by atoms with Crippen molar-refractivity contribution in [2.75, 3.05) is 25.5 Å². The number of amides is 3. The molecule has 1 N–H and O–H groups in total. The van der Waals surface area contributed by atoms with E-state index < -0.39 is 0 Å². The molecule has 0 saturated carbocycles. The highest BCUT2D eigenvalue weighted by molar-refractivity contribution is 6.42. The fourth-order valence-electron chi connectivity index (χ4n) is 4.72. The molecule has 3 aromatic carbocycles. The molecule has 3 amide bonds. The third-order valence-electron chi connectivity index (χ3n) is 6.57. The standard InChI is InChI=1S/C28H26Cl3N3O3/c1-17(35)32-22-5-3-4-20(14-22)28(37)34-13-12-26(23(16-34)19-8-11-24(30)25(31)15-19)33(2)27(36)18-6-9-21(29)10-7-18/h3-11,14-15,23,26H,12-13,16H2,1-2H3,(H,32,35)/t23-,26+/m0/s1. The van der Waals surface area contributed by atoms with Crippen molar-refractivity contribution in [2.45, 2.75) is 25.3 Å². The first-order valence-electron chi connectivity index (χ1n) is 11.8. The summed E-state index contributed by atoms with van der Waals surface area (Å²) in [6.45, 7) is 2.26. The summed E-state index contributed by atoms with van der Waals surface area (Å²) in [5.74, 6) is -0.692. The smallest absolute Gasteiger partial charge is 0.253 e. The molecule has 37 heavy (non-hydrogen) atoms. The maximum atomic E-state index is 13.5. The molecule has 6 nitrogen and oxygen atoms in total. The van der Waals surface area contributed by atoms with Crippen molar-refractivity contribution in [1.29, 1.82) is 0 Å². The van der Waals surface area contributed by atoms with Gasteiger partial charge in [-0.1, -0.05) is 46.9 Å². The highest BCUT2D eigenvalue weighted by atomic mass is 35.5. The van der Waals surface area contributed by atoms with Crippen LogP contribution in [-0.2, 0) is 4.79 Å². The molecule has 3 aromatic rings. The topological polar surface area (TPSA) is 69.7 Å². The monoisotopic (exact) mass is 557 g/mol. The number of hydrogen-bond acceptors (Lipinski definition) is 3. The molecule has 0 radical (unpaired) electrons. The minimum Gasteiger partial charge on any atom is -0.338 e. The van der Waals surface area contributed by atoms with E-state index in [0.29, 0.717) is 51.4 Å². The average Bonchev–Trinajstić information content (AvgIpc) is 2.89. The zero-order valence-electron chi connectivity index (χ0n) is 20.4. The Bertz CT molecular complexity index is 1330. The van der Waals surface area contributed by atoms with Gasteiger partial charge in [0.1, 0.15) is 0 Å². The number of likely N-dealkylation sites (N-methyl/N-ethyl adjacent to an activating group) is 1. The summed E-state index contributed by atoms with van der Waals surface area (Å²) in [7, 11) is 1.78. The van der Waals surface area contributed by atoms with E-state index in [9.17, 15) is 14.4 Å². The molecule has 1 saturated heterocycles. The lowest BCUT2D eigenvalue weighted by atomic mass is 9.84. The Morgan fingerprint density at radius 3 is 2.32 bits per heavy atom. The summed E-state index contributed by atoms with van der Waals surface area (Å²) in [6.07, 6.45) is 0.567. The predicted molar refractivity (Wildman–Crippen MR) is 148 cm³/mol. The van der Waals surface area contributed by atoms with Crippen molar-refractivity contribution < 1.29 is 14.4 Å². The van der Waals surface area contributed by atoms with E-state index in [2.05, 4.69) is 5.32 Å². The summed E-state index contributed by atoms with van der Waals surface area (Å²) < 4.78 is 0. The third-order valence-corrected chi connectivity index (χ3v) is 7.57. The van der Waals surface area contributed by atoms with Crippen LogP contribution in [0.4, 0.5) is 5.69 Å². The van der Waals surface area contributed by atoms with Gasteiger partial charge in [-0.15, -0.1) is 0 Å². The second-order valence-corrected chi connectivity index (χ2v) is 10.3. The summed E-state index contributed by atoms with van der Waals surface area (Å²) in [5, 5.41) is 4.12. The van der Waals surface area contributed by atoms with Crippen LogP contribution >= 0.6 is 34.8 Å². The SMILES string of the molecule is CC(=O)Nc1cccc(C(=O)N2CC[C@@H](N(C)C(=O)c3ccc(Cl)cc3)[C@H](c3ccc(Cl)c(Cl)c3)C2)c1. The summed E-state index contributed by atoms with van der Waals surface area (Å²) in [6, 6.07) is 18.9. The van der Waals surface area contributed by atoms with Crippen LogP contribution in [0.25, 0.3) is 0 Å². The van der Waals surface area contributed by atoms with Crippen LogP contribution in [0.5, 0.6) is 0 Å². The van der Waals surface area contributed by atoms with Crippen molar-refractivity contribution in [3.63, 3.8) is 0 Å². The van der Waals surface area contributed by atoms with Crippen LogP contribution in [0.1, 0.15) is 45.5 Å². The molecule has 0 aromatic heterocycles. The number of anilines is 1. The van der Waals surface area contributed by atoms with E-state index in [1.165, 1.54) is 6.92 Å². The fraction of sp³-hybridized carbons (Fsp3) is 0.250. The molecule has 4 rings (SSSR count). The Hall–Kier alpha value is -3.06. The van der Waals surface area contributed by atoms with Gasteiger partial charge in [0.05, 0.1) is 10.0 Å².